The number of nitrogens with zero attached hydrogens (tertiary/aromatic N) is 8. The van der Waals surface area contributed by atoms with E-state index in [1.807, 2.05) is 60.7 Å². The van der Waals surface area contributed by atoms with E-state index in [-0.39, 0.29) is 27.3 Å². The second-order valence-electron chi connectivity index (χ2n) is 9.30. The summed E-state index contributed by atoms with van der Waals surface area (Å²) in [5, 5.41) is 40.0. The van der Waals surface area contributed by atoms with Gasteiger partial charge in [0.05, 0.1) is 22.8 Å². The minimum atomic E-state index is -0.407. The summed E-state index contributed by atoms with van der Waals surface area (Å²) in [5.41, 5.74) is 4.31. The van der Waals surface area contributed by atoms with Gasteiger partial charge in [-0.2, -0.15) is 10.2 Å². The molecule has 10 nitrogen and oxygen atoms in total. The van der Waals surface area contributed by atoms with Gasteiger partial charge in [-0.15, -0.1) is 10.2 Å². The third kappa shape index (κ3) is 10.1. The van der Waals surface area contributed by atoms with Gasteiger partial charge in [0.15, 0.2) is 0 Å². The summed E-state index contributed by atoms with van der Waals surface area (Å²) in [6.07, 6.45) is 6.64. The first-order valence-corrected chi connectivity index (χ1v) is 14.1. The number of aromatic nitrogens is 4. The summed E-state index contributed by atoms with van der Waals surface area (Å²) >= 11 is 0. The van der Waals surface area contributed by atoms with Crippen LogP contribution in [-0.2, 0) is 27.3 Å². The molecule has 0 saturated heterocycles. The van der Waals surface area contributed by atoms with Crippen LogP contribution in [0.3, 0.4) is 0 Å². The Morgan fingerprint density at radius 1 is 0.362 bits per heavy atom. The molecule has 0 saturated carbocycles. The molecule has 0 atom stereocenters. The SMILES string of the molecule is [Cd+2].[O-]/C(=N\N=C(c1ccccn1)c1ccccn1)c1ccccc1.[O-]/C(=N\N=C(c1ccccn1)c1ccccn1)c1ccccc1. The molecule has 0 N–H and O–H groups in total. The van der Waals surface area contributed by atoms with E-state index in [4.69, 9.17) is 0 Å². The fourth-order valence-corrected chi connectivity index (χ4v) is 3.95. The molecule has 0 amide bonds. The molecule has 0 aliphatic carbocycles. The third-order valence-electron chi connectivity index (χ3n) is 6.15. The largest absolute Gasteiger partial charge is 2.00 e. The summed E-state index contributed by atoms with van der Waals surface area (Å²) in [4.78, 5) is 17.1. The van der Waals surface area contributed by atoms with Gasteiger partial charge < -0.3 is 10.2 Å². The fraction of sp³-hybridized carbons (Fsp3) is 0. The van der Waals surface area contributed by atoms with Gasteiger partial charge in [0.2, 0.25) is 0 Å². The minimum Gasteiger partial charge on any atom is -0.857 e. The molecule has 224 valence electrons. The van der Waals surface area contributed by atoms with Crippen molar-refractivity contribution in [1.82, 2.24) is 19.9 Å². The van der Waals surface area contributed by atoms with Gasteiger partial charge in [0.1, 0.15) is 11.4 Å². The fourth-order valence-electron chi connectivity index (χ4n) is 3.95. The molecule has 2 aromatic carbocycles. The molecule has 0 fully saturated rings. The number of hydrogen-bond donors (Lipinski definition) is 0. The van der Waals surface area contributed by atoms with Gasteiger partial charge >= 0.3 is 27.3 Å². The Morgan fingerprint density at radius 2 is 0.638 bits per heavy atom. The smallest absolute Gasteiger partial charge is 0.857 e. The zero-order valence-corrected chi connectivity index (χ0v) is 29.1. The summed E-state index contributed by atoms with van der Waals surface area (Å²) < 4.78 is 0. The first-order chi connectivity index (χ1) is 22.7. The monoisotopic (exact) mass is 716 g/mol. The summed E-state index contributed by atoms with van der Waals surface area (Å²) in [6.45, 7) is 0. The Hall–Kier alpha value is -5.76. The molecule has 4 heterocycles. The van der Waals surface area contributed by atoms with E-state index in [2.05, 4.69) is 40.3 Å². The molecule has 0 radical (unpaired) electrons. The van der Waals surface area contributed by atoms with Crippen LogP contribution in [0.2, 0.25) is 0 Å². The molecule has 6 rings (SSSR count). The number of pyridine rings is 4. The van der Waals surface area contributed by atoms with E-state index in [0.29, 0.717) is 45.3 Å². The Morgan fingerprint density at radius 3 is 0.894 bits per heavy atom. The van der Waals surface area contributed by atoms with Gasteiger partial charge in [0.25, 0.3) is 0 Å². The van der Waals surface area contributed by atoms with Crippen molar-refractivity contribution in [2.45, 2.75) is 0 Å². The van der Waals surface area contributed by atoms with E-state index in [1.54, 1.807) is 97.6 Å². The maximum Gasteiger partial charge on any atom is 2.00 e. The average Bonchev–Trinajstić information content (AvgIpc) is 3.14. The Kier molecular flexibility index (Phi) is 13.3. The molecule has 0 unspecified atom stereocenters. The summed E-state index contributed by atoms with van der Waals surface area (Å²) in [5.74, 6) is -0.815. The molecule has 4 aromatic heterocycles. The molecule has 0 aliphatic heterocycles. The van der Waals surface area contributed by atoms with Gasteiger partial charge in [-0.1, -0.05) is 84.9 Å². The Labute approximate surface area is 291 Å². The van der Waals surface area contributed by atoms with Crippen molar-refractivity contribution in [3.05, 3.63) is 192 Å². The molecule has 0 aliphatic rings. The minimum absolute atomic E-state index is 0. The molecule has 0 bridgehead atoms. The van der Waals surface area contributed by atoms with Crippen LogP contribution in [0, 0.1) is 0 Å². The van der Waals surface area contributed by atoms with Crippen LogP contribution in [-0.4, -0.2) is 43.2 Å². The maximum absolute atomic E-state index is 12.1. The molecular formula is C36H26CdN8O2. The van der Waals surface area contributed by atoms with Crippen LogP contribution in [0.15, 0.2) is 179 Å². The van der Waals surface area contributed by atoms with E-state index >= 15 is 0 Å². The third-order valence-corrected chi connectivity index (χ3v) is 6.15. The maximum atomic E-state index is 12.1. The predicted octanol–water partition coefficient (Wildman–Crippen LogP) is 4.07. The number of benzene rings is 2. The van der Waals surface area contributed by atoms with E-state index in [1.165, 1.54) is 0 Å². The summed E-state index contributed by atoms with van der Waals surface area (Å²) in [6, 6.07) is 39.4. The van der Waals surface area contributed by atoms with Crippen LogP contribution >= 0.6 is 0 Å². The predicted molar refractivity (Wildman–Crippen MR) is 174 cm³/mol. The van der Waals surface area contributed by atoms with Crippen molar-refractivity contribution in [2.24, 2.45) is 20.4 Å². The van der Waals surface area contributed by atoms with Crippen molar-refractivity contribution in [3.8, 4) is 0 Å². The molecule has 6 aromatic rings. The summed E-state index contributed by atoms with van der Waals surface area (Å²) in [7, 11) is 0. The molecule has 0 spiro atoms. The van der Waals surface area contributed by atoms with E-state index in [9.17, 15) is 10.2 Å². The zero-order valence-electron chi connectivity index (χ0n) is 25.1. The van der Waals surface area contributed by atoms with Crippen molar-refractivity contribution in [3.63, 3.8) is 0 Å². The molecule has 47 heavy (non-hydrogen) atoms. The second-order valence-corrected chi connectivity index (χ2v) is 9.30. The van der Waals surface area contributed by atoms with Gasteiger partial charge in [-0.3, -0.25) is 19.9 Å². The Bertz CT molecular complexity index is 1700. The van der Waals surface area contributed by atoms with Crippen molar-refractivity contribution in [2.75, 3.05) is 0 Å². The van der Waals surface area contributed by atoms with Crippen LogP contribution < -0.4 is 10.2 Å². The molecular weight excluding hydrogens is 689 g/mol. The molecule has 11 heteroatoms. The number of rotatable bonds is 8. The standard InChI is InChI=1S/2C18H14N4O.Cd/c2*23-18(14-8-2-1-3-9-14)22-21-17(15-10-4-6-12-19-15)16-11-5-7-13-20-16;/h2*1-13H,(H,22,23);/q;;+2/p-2. The Balaban J connectivity index is 0.000000208. The van der Waals surface area contributed by atoms with Gasteiger partial charge in [0, 0.05) is 36.6 Å². The van der Waals surface area contributed by atoms with Crippen LogP contribution in [0.4, 0.5) is 0 Å². The van der Waals surface area contributed by atoms with Crippen molar-refractivity contribution < 1.29 is 37.5 Å². The topological polar surface area (TPSA) is 147 Å². The number of hydrogen-bond acceptors (Lipinski definition) is 10. The van der Waals surface area contributed by atoms with Gasteiger partial charge in [-0.05, 0) is 59.7 Å². The first kappa shape index (κ1) is 34.1. The first-order valence-electron chi connectivity index (χ1n) is 14.1. The van der Waals surface area contributed by atoms with Crippen LogP contribution in [0.1, 0.15) is 33.9 Å². The quantitative estimate of drug-likeness (QED) is 0.101. The van der Waals surface area contributed by atoms with Crippen molar-refractivity contribution in [1.29, 1.82) is 0 Å². The van der Waals surface area contributed by atoms with Gasteiger partial charge in [-0.25, -0.2) is 0 Å². The second kappa shape index (κ2) is 18.3. The van der Waals surface area contributed by atoms with Crippen molar-refractivity contribution >= 4 is 23.2 Å². The average molecular weight is 715 g/mol. The van der Waals surface area contributed by atoms with E-state index < -0.39 is 11.8 Å². The van der Waals surface area contributed by atoms with Crippen LogP contribution in [0.5, 0.6) is 0 Å². The normalized spacial score (nSPS) is 10.8. The van der Waals surface area contributed by atoms with Crippen LogP contribution in [0.25, 0.3) is 0 Å². The zero-order chi connectivity index (χ0) is 31.8. The van der Waals surface area contributed by atoms with E-state index in [0.717, 1.165) is 0 Å².